The molecule has 0 aromatic carbocycles. The van der Waals surface area contributed by atoms with E-state index in [2.05, 4.69) is 0 Å². The Morgan fingerprint density at radius 1 is 1.06 bits per heavy atom. The molecule has 0 aromatic rings. The summed E-state index contributed by atoms with van der Waals surface area (Å²) in [6, 6.07) is 0. The zero-order valence-corrected chi connectivity index (χ0v) is 30.3. The standard InChI is InChI=1S/C35H58O13S/c1-7-20(19(3)16-36)9-8-18(2)26-28(40)29(48-49(42,43)44)31-34(26,5)13-11-25-33(4)12-10-21(14-22(33)23(37)15-35(25,31)41)47-32-30(45-6)27(39)24(38)17-46-32/h8-9,14,18-21,23-32,36-41H,7,10-13,15-17H2,1-6H3,(H,42,43,44). The summed E-state index contributed by atoms with van der Waals surface area (Å²) >= 11 is 0. The van der Waals surface area contributed by atoms with E-state index in [1.807, 2.05) is 52.8 Å². The van der Waals surface area contributed by atoms with Crippen LogP contribution in [0.3, 0.4) is 0 Å². The van der Waals surface area contributed by atoms with Gasteiger partial charge in [0.1, 0.15) is 24.4 Å². The molecule has 0 spiro atoms. The van der Waals surface area contributed by atoms with E-state index in [9.17, 15) is 43.6 Å². The Morgan fingerprint density at radius 2 is 1.76 bits per heavy atom. The highest BCUT2D eigenvalue weighted by atomic mass is 32.3. The zero-order valence-electron chi connectivity index (χ0n) is 29.5. The second-order valence-electron chi connectivity index (χ2n) is 16.0. The van der Waals surface area contributed by atoms with Gasteiger partial charge in [0, 0.05) is 26.1 Å². The first-order chi connectivity index (χ1) is 22.9. The molecule has 7 N–H and O–H groups in total. The Bertz CT molecular complexity index is 1340. The number of ether oxygens (including phenoxy) is 3. The normalized spacial score (nSPS) is 47.5. The van der Waals surface area contributed by atoms with Gasteiger partial charge >= 0.3 is 10.4 Å². The summed E-state index contributed by atoms with van der Waals surface area (Å²) in [6.45, 7) is 9.78. The number of fused-ring (bicyclic) bond motifs is 5. The van der Waals surface area contributed by atoms with Crippen LogP contribution in [-0.2, 0) is 28.8 Å². The molecule has 282 valence electrons. The van der Waals surface area contributed by atoms with Gasteiger partial charge in [-0.15, -0.1) is 0 Å². The summed E-state index contributed by atoms with van der Waals surface area (Å²) in [5.74, 6) is -2.08. The predicted octanol–water partition coefficient (Wildman–Crippen LogP) is 1.75. The molecule has 0 bridgehead atoms. The highest BCUT2D eigenvalue weighted by Crippen LogP contribution is 2.69. The number of aliphatic hydroxyl groups excluding tert-OH is 5. The number of aliphatic hydroxyl groups is 6. The van der Waals surface area contributed by atoms with Gasteiger partial charge in [-0.25, -0.2) is 4.18 Å². The monoisotopic (exact) mass is 718 g/mol. The Balaban J connectivity index is 1.47. The Labute approximate surface area is 290 Å². The average molecular weight is 719 g/mol. The van der Waals surface area contributed by atoms with E-state index in [-0.39, 0.29) is 37.4 Å². The van der Waals surface area contributed by atoms with E-state index in [0.29, 0.717) is 31.3 Å². The maximum absolute atomic E-state index is 12.9. The van der Waals surface area contributed by atoms with E-state index in [1.54, 1.807) is 0 Å². The highest BCUT2D eigenvalue weighted by molar-refractivity contribution is 7.80. The van der Waals surface area contributed by atoms with Crippen LogP contribution in [0, 0.1) is 46.3 Å². The lowest BCUT2D eigenvalue weighted by molar-refractivity contribution is -0.285. The fourth-order valence-corrected chi connectivity index (χ4v) is 11.3. The molecule has 17 unspecified atom stereocenters. The Hall–Kier alpha value is -1.01. The minimum atomic E-state index is -5.03. The molecule has 5 aliphatic rings. The highest BCUT2D eigenvalue weighted by Gasteiger charge is 2.73. The molecule has 14 heteroatoms. The second-order valence-corrected chi connectivity index (χ2v) is 17.0. The van der Waals surface area contributed by atoms with Crippen LogP contribution in [0.2, 0.25) is 0 Å². The molecule has 4 fully saturated rings. The maximum Gasteiger partial charge on any atom is 0.397 e. The molecular weight excluding hydrogens is 660 g/mol. The average Bonchev–Trinajstić information content (AvgIpc) is 3.24. The molecule has 5 rings (SSSR count). The number of hydrogen-bond donors (Lipinski definition) is 7. The molecule has 0 amide bonds. The number of hydrogen-bond acceptors (Lipinski definition) is 12. The molecule has 0 radical (unpaired) electrons. The molecule has 49 heavy (non-hydrogen) atoms. The molecule has 1 saturated heterocycles. The lowest BCUT2D eigenvalue weighted by Crippen LogP contribution is -2.66. The first kappa shape index (κ1) is 39.2. The summed E-state index contributed by atoms with van der Waals surface area (Å²) in [7, 11) is -3.63. The third-order valence-corrected chi connectivity index (χ3v) is 13.7. The smallest absolute Gasteiger partial charge is 0.396 e. The van der Waals surface area contributed by atoms with Crippen molar-refractivity contribution < 1.29 is 62.0 Å². The summed E-state index contributed by atoms with van der Waals surface area (Å²) in [6.07, 6.45) is -0.0389. The van der Waals surface area contributed by atoms with Crippen LogP contribution in [0.15, 0.2) is 23.8 Å². The van der Waals surface area contributed by atoms with Crippen LogP contribution in [-0.4, -0.2) is 119 Å². The van der Waals surface area contributed by atoms with Gasteiger partial charge in [0.15, 0.2) is 6.29 Å². The van der Waals surface area contributed by atoms with Crippen LogP contribution in [0.1, 0.15) is 73.1 Å². The number of rotatable bonds is 11. The molecule has 4 aliphatic carbocycles. The van der Waals surface area contributed by atoms with Crippen molar-refractivity contribution in [2.45, 2.75) is 128 Å². The van der Waals surface area contributed by atoms with Crippen LogP contribution in [0.5, 0.6) is 0 Å². The summed E-state index contributed by atoms with van der Waals surface area (Å²) < 4.78 is 56.8. The second kappa shape index (κ2) is 14.4. The van der Waals surface area contributed by atoms with Gasteiger partial charge in [-0.05, 0) is 78.1 Å². The van der Waals surface area contributed by atoms with Gasteiger partial charge in [-0.2, -0.15) is 8.42 Å². The quantitative estimate of drug-likeness (QED) is 0.120. The van der Waals surface area contributed by atoms with E-state index in [1.165, 1.54) is 7.11 Å². The van der Waals surface area contributed by atoms with E-state index >= 15 is 0 Å². The number of allylic oxidation sites excluding steroid dienone is 2. The van der Waals surface area contributed by atoms with Crippen LogP contribution < -0.4 is 0 Å². The van der Waals surface area contributed by atoms with Crippen LogP contribution in [0.25, 0.3) is 0 Å². The zero-order chi connectivity index (χ0) is 36.3. The first-order valence-electron chi connectivity index (χ1n) is 17.8. The lowest BCUT2D eigenvalue weighted by Gasteiger charge is -2.64. The summed E-state index contributed by atoms with van der Waals surface area (Å²) in [5.41, 5.74) is -2.52. The van der Waals surface area contributed by atoms with Crippen molar-refractivity contribution in [1.82, 2.24) is 0 Å². The summed E-state index contributed by atoms with van der Waals surface area (Å²) in [4.78, 5) is 0. The maximum atomic E-state index is 12.9. The van der Waals surface area contributed by atoms with Crippen LogP contribution in [0.4, 0.5) is 0 Å². The van der Waals surface area contributed by atoms with Gasteiger partial charge in [-0.1, -0.05) is 52.8 Å². The van der Waals surface area contributed by atoms with Crippen LogP contribution >= 0.6 is 0 Å². The van der Waals surface area contributed by atoms with Crippen molar-refractivity contribution >= 4 is 10.4 Å². The largest absolute Gasteiger partial charge is 0.397 e. The van der Waals surface area contributed by atoms with Gasteiger partial charge in [0.05, 0.1) is 30.5 Å². The van der Waals surface area contributed by atoms with Gasteiger partial charge in [-0.3, -0.25) is 4.55 Å². The van der Waals surface area contributed by atoms with Crippen molar-refractivity contribution in [3.8, 4) is 0 Å². The third kappa shape index (κ3) is 6.95. The molecule has 1 aliphatic heterocycles. The van der Waals surface area contributed by atoms with Crippen molar-refractivity contribution in [2.24, 2.45) is 46.3 Å². The Morgan fingerprint density at radius 3 is 2.37 bits per heavy atom. The Kier molecular flexibility index (Phi) is 11.5. The van der Waals surface area contributed by atoms with Gasteiger partial charge < -0.3 is 44.8 Å². The molecule has 0 aromatic heterocycles. The van der Waals surface area contributed by atoms with E-state index in [0.717, 1.165) is 6.42 Å². The summed E-state index contributed by atoms with van der Waals surface area (Å²) in [5, 5.41) is 66.7. The molecule has 1 heterocycles. The lowest BCUT2D eigenvalue weighted by atomic mass is 9.43. The van der Waals surface area contributed by atoms with Crippen molar-refractivity contribution in [3.63, 3.8) is 0 Å². The molecule has 13 nitrogen and oxygen atoms in total. The third-order valence-electron chi connectivity index (χ3n) is 13.2. The first-order valence-corrected chi connectivity index (χ1v) is 19.1. The van der Waals surface area contributed by atoms with Crippen molar-refractivity contribution in [2.75, 3.05) is 20.3 Å². The van der Waals surface area contributed by atoms with E-state index in [4.69, 9.17) is 18.4 Å². The molecule has 3 saturated carbocycles. The molecular formula is C35H58O13S. The van der Waals surface area contributed by atoms with Gasteiger partial charge in [0.25, 0.3) is 0 Å². The number of methoxy groups -OCH3 is 1. The minimum Gasteiger partial charge on any atom is -0.396 e. The fraction of sp³-hybridized carbons (Fsp3) is 0.886. The van der Waals surface area contributed by atoms with Gasteiger partial charge in [0.2, 0.25) is 0 Å². The minimum absolute atomic E-state index is 0.0281. The fourth-order valence-electron chi connectivity index (χ4n) is 10.8. The SMILES string of the molecule is CCC(C=CC(C)C1C(O)C(OS(=O)(=O)O)C2C1(C)CCC1C3(C)CCC(OC4OCC(O)C(O)C4OC)C=C3C(O)CC12O)C(C)CO. The van der Waals surface area contributed by atoms with Crippen molar-refractivity contribution in [1.29, 1.82) is 0 Å². The molecule has 17 atom stereocenters. The van der Waals surface area contributed by atoms with E-state index < -0.39 is 93.6 Å². The topological polar surface area (TPSA) is 213 Å². The van der Waals surface area contributed by atoms with Crippen molar-refractivity contribution in [3.05, 3.63) is 23.8 Å². The predicted molar refractivity (Wildman–Crippen MR) is 177 cm³/mol.